The first-order valence-corrected chi connectivity index (χ1v) is 9.16. The van der Waals surface area contributed by atoms with Gasteiger partial charge in [0.1, 0.15) is 0 Å². The highest BCUT2D eigenvalue weighted by Crippen LogP contribution is 2.14. The van der Waals surface area contributed by atoms with Crippen LogP contribution in [0.5, 0.6) is 0 Å². The van der Waals surface area contributed by atoms with Crippen molar-refractivity contribution in [2.75, 3.05) is 11.5 Å². The van der Waals surface area contributed by atoms with Gasteiger partial charge in [-0.25, -0.2) is 8.42 Å². The molecule has 0 aromatic heterocycles. The van der Waals surface area contributed by atoms with E-state index in [4.69, 9.17) is 5.26 Å². The monoisotopic (exact) mass is 319 g/mol. The number of sulfone groups is 1. The highest BCUT2D eigenvalue weighted by atomic mass is 32.2. The van der Waals surface area contributed by atoms with Crippen molar-refractivity contribution in [3.8, 4) is 6.07 Å². The van der Waals surface area contributed by atoms with Crippen LogP contribution < -0.4 is 0 Å². The van der Waals surface area contributed by atoms with Gasteiger partial charge < -0.3 is 0 Å². The maximum Gasteiger partial charge on any atom is 0.179 e. The van der Waals surface area contributed by atoms with Gasteiger partial charge in [-0.1, -0.05) is 18.2 Å². The SMILES string of the molecule is N#Cc1ccc(S(=O)(=O)CCS(=O)c2ccccc2)cc1. The van der Waals surface area contributed by atoms with Gasteiger partial charge in [-0.05, 0) is 36.4 Å². The smallest absolute Gasteiger partial charge is 0.179 e. The Labute approximate surface area is 126 Å². The topological polar surface area (TPSA) is 75.0 Å². The van der Waals surface area contributed by atoms with E-state index < -0.39 is 20.6 Å². The Balaban J connectivity index is 2.08. The van der Waals surface area contributed by atoms with Gasteiger partial charge in [0.05, 0.1) is 33.1 Å². The lowest BCUT2D eigenvalue weighted by Gasteiger charge is -2.05. The van der Waals surface area contributed by atoms with Crippen LogP contribution in [0.1, 0.15) is 5.56 Å². The van der Waals surface area contributed by atoms with Gasteiger partial charge in [0.15, 0.2) is 9.84 Å². The summed E-state index contributed by atoms with van der Waals surface area (Å²) >= 11 is 0. The molecule has 1 atom stereocenters. The molecule has 0 fully saturated rings. The van der Waals surface area contributed by atoms with Gasteiger partial charge in [-0.15, -0.1) is 0 Å². The molecule has 0 aliphatic carbocycles. The van der Waals surface area contributed by atoms with Crippen molar-refractivity contribution in [1.29, 1.82) is 5.26 Å². The van der Waals surface area contributed by atoms with Crippen LogP contribution in [0, 0.1) is 11.3 Å². The normalized spacial score (nSPS) is 12.5. The molecule has 0 saturated heterocycles. The summed E-state index contributed by atoms with van der Waals surface area (Å²) in [5.41, 5.74) is 0.404. The number of nitrogens with zero attached hydrogens (tertiary/aromatic N) is 1. The molecule has 0 spiro atoms. The van der Waals surface area contributed by atoms with Crippen molar-refractivity contribution < 1.29 is 12.6 Å². The zero-order valence-electron chi connectivity index (χ0n) is 11.1. The van der Waals surface area contributed by atoms with E-state index in [-0.39, 0.29) is 16.4 Å². The van der Waals surface area contributed by atoms with E-state index in [1.165, 1.54) is 24.3 Å². The summed E-state index contributed by atoms with van der Waals surface area (Å²) in [7, 11) is -4.83. The molecule has 0 bridgehead atoms. The maximum absolute atomic E-state index is 12.2. The third kappa shape index (κ3) is 4.00. The lowest BCUT2D eigenvalue weighted by Crippen LogP contribution is -2.13. The van der Waals surface area contributed by atoms with Gasteiger partial charge >= 0.3 is 0 Å². The molecule has 21 heavy (non-hydrogen) atoms. The predicted octanol–water partition coefficient (Wildman–Crippen LogP) is 2.14. The summed E-state index contributed by atoms with van der Waals surface area (Å²) in [6.45, 7) is 0. The van der Waals surface area contributed by atoms with Crippen LogP contribution >= 0.6 is 0 Å². The average Bonchev–Trinajstić information content (AvgIpc) is 2.53. The van der Waals surface area contributed by atoms with E-state index in [0.29, 0.717) is 10.5 Å². The molecule has 1 unspecified atom stereocenters. The largest absolute Gasteiger partial charge is 0.254 e. The molecule has 0 aliphatic rings. The number of hydrogen-bond acceptors (Lipinski definition) is 4. The second-order valence-corrected chi connectivity index (χ2v) is 8.00. The molecular formula is C15H13NO3S2. The van der Waals surface area contributed by atoms with E-state index in [9.17, 15) is 12.6 Å². The second-order valence-electron chi connectivity index (χ2n) is 4.32. The van der Waals surface area contributed by atoms with Crippen LogP contribution in [0.4, 0.5) is 0 Å². The Bertz CT molecular complexity index is 776. The molecule has 2 aromatic carbocycles. The van der Waals surface area contributed by atoms with E-state index in [0.717, 1.165) is 0 Å². The van der Waals surface area contributed by atoms with Crippen LogP contribution in [0.3, 0.4) is 0 Å². The first-order valence-electron chi connectivity index (χ1n) is 6.19. The highest BCUT2D eigenvalue weighted by molar-refractivity contribution is 7.93. The first kappa shape index (κ1) is 15.4. The number of rotatable bonds is 5. The zero-order valence-corrected chi connectivity index (χ0v) is 12.7. The number of hydrogen-bond donors (Lipinski definition) is 0. The van der Waals surface area contributed by atoms with Crippen LogP contribution in [-0.2, 0) is 20.6 Å². The number of nitriles is 1. The lowest BCUT2D eigenvalue weighted by molar-refractivity contribution is 0.597. The van der Waals surface area contributed by atoms with Crippen molar-refractivity contribution in [2.24, 2.45) is 0 Å². The van der Waals surface area contributed by atoms with Crippen molar-refractivity contribution >= 4 is 20.6 Å². The Morgan fingerprint density at radius 3 is 2.19 bits per heavy atom. The van der Waals surface area contributed by atoms with Crippen molar-refractivity contribution in [2.45, 2.75) is 9.79 Å². The average molecular weight is 319 g/mol. The van der Waals surface area contributed by atoms with Crippen molar-refractivity contribution in [3.05, 3.63) is 60.2 Å². The van der Waals surface area contributed by atoms with Gasteiger partial charge in [0, 0.05) is 10.6 Å². The molecule has 0 heterocycles. The van der Waals surface area contributed by atoms with Gasteiger partial charge in [-0.2, -0.15) is 5.26 Å². The Kier molecular flexibility index (Phi) is 4.89. The molecule has 2 rings (SSSR count). The van der Waals surface area contributed by atoms with E-state index in [2.05, 4.69) is 0 Å². The van der Waals surface area contributed by atoms with Crippen molar-refractivity contribution in [1.82, 2.24) is 0 Å². The summed E-state index contributed by atoms with van der Waals surface area (Å²) in [5, 5.41) is 8.69. The fourth-order valence-corrected chi connectivity index (χ4v) is 4.70. The highest BCUT2D eigenvalue weighted by Gasteiger charge is 2.16. The minimum Gasteiger partial charge on any atom is -0.254 e. The van der Waals surface area contributed by atoms with Crippen LogP contribution in [0.15, 0.2) is 64.4 Å². The molecule has 0 amide bonds. The third-order valence-corrected chi connectivity index (χ3v) is 6.25. The van der Waals surface area contributed by atoms with E-state index >= 15 is 0 Å². The van der Waals surface area contributed by atoms with Crippen LogP contribution in [0.2, 0.25) is 0 Å². The molecule has 6 heteroatoms. The second kappa shape index (κ2) is 6.66. The molecule has 108 valence electrons. The summed E-state index contributed by atoms with van der Waals surface area (Å²) in [5.74, 6) is -0.146. The molecule has 0 aliphatic heterocycles. The quantitative estimate of drug-likeness (QED) is 0.846. The summed E-state index contributed by atoms with van der Waals surface area (Å²) in [4.78, 5) is 0.763. The fraction of sp³-hybridized carbons (Fsp3) is 0.133. The van der Waals surface area contributed by atoms with E-state index in [1.54, 1.807) is 24.3 Å². The predicted molar refractivity (Wildman–Crippen MR) is 80.9 cm³/mol. The zero-order chi connectivity index (χ0) is 15.3. The molecule has 0 saturated carbocycles. The minimum absolute atomic E-state index is 0.0480. The standard InChI is InChI=1S/C15H13NO3S2/c16-12-13-6-8-15(9-7-13)21(18,19)11-10-20(17)14-4-2-1-3-5-14/h1-9H,10-11H2. The Morgan fingerprint density at radius 1 is 1.00 bits per heavy atom. The van der Waals surface area contributed by atoms with Crippen molar-refractivity contribution in [3.63, 3.8) is 0 Å². The van der Waals surface area contributed by atoms with Gasteiger partial charge in [0.2, 0.25) is 0 Å². The third-order valence-electron chi connectivity index (χ3n) is 2.89. The molecule has 0 radical (unpaired) electrons. The van der Waals surface area contributed by atoms with Gasteiger partial charge in [0.25, 0.3) is 0 Å². The molecule has 0 N–H and O–H groups in total. The number of benzene rings is 2. The van der Waals surface area contributed by atoms with Crippen LogP contribution in [0.25, 0.3) is 0 Å². The van der Waals surface area contributed by atoms with E-state index in [1.807, 2.05) is 12.1 Å². The fourth-order valence-electron chi connectivity index (χ4n) is 1.73. The first-order chi connectivity index (χ1) is 10.0. The lowest BCUT2D eigenvalue weighted by atomic mass is 10.2. The Hall–Kier alpha value is -1.97. The summed E-state index contributed by atoms with van der Waals surface area (Å²) < 4.78 is 36.3. The molecular weight excluding hydrogens is 306 g/mol. The van der Waals surface area contributed by atoms with Gasteiger partial charge in [-0.3, -0.25) is 4.21 Å². The summed E-state index contributed by atoms with van der Waals surface area (Å²) in [6.07, 6.45) is 0. The summed E-state index contributed by atoms with van der Waals surface area (Å²) in [6, 6.07) is 16.4. The minimum atomic E-state index is -3.49. The molecule has 4 nitrogen and oxygen atoms in total. The Morgan fingerprint density at radius 2 is 1.62 bits per heavy atom. The maximum atomic E-state index is 12.2. The van der Waals surface area contributed by atoms with Crippen LogP contribution in [-0.4, -0.2) is 24.1 Å². The molecule has 2 aromatic rings.